The van der Waals surface area contributed by atoms with E-state index in [1.165, 1.54) is 44.1 Å². The Labute approximate surface area is 231 Å². The number of carbonyl (C=O) groups is 1. The van der Waals surface area contributed by atoms with Crippen LogP contribution in [0.25, 0.3) is 0 Å². The highest BCUT2D eigenvalue weighted by Crippen LogP contribution is 2.60. The molecule has 4 saturated carbocycles. The van der Waals surface area contributed by atoms with Crippen LogP contribution in [0.5, 0.6) is 5.75 Å². The Morgan fingerprint density at radius 1 is 0.872 bits per heavy atom. The molecule has 0 heterocycles. The highest BCUT2D eigenvalue weighted by Gasteiger charge is 2.51. The van der Waals surface area contributed by atoms with Crippen molar-refractivity contribution in [3.8, 4) is 5.75 Å². The van der Waals surface area contributed by atoms with Crippen LogP contribution >= 0.6 is 0 Å². The third kappa shape index (κ3) is 5.69. The van der Waals surface area contributed by atoms with Crippen LogP contribution in [-0.4, -0.2) is 27.1 Å². The summed E-state index contributed by atoms with van der Waals surface area (Å²) in [6.45, 7) is 0.111. The first-order chi connectivity index (χ1) is 18.8. The molecule has 0 radical (unpaired) electrons. The number of amides is 1. The summed E-state index contributed by atoms with van der Waals surface area (Å²) in [6, 6.07) is 24.9. The van der Waals surface area contributed by atoms with Crippen LogP contribution < -0.4 is 14.4 Å². The van der Waals surface area contributed by atoms with Crippen LogP contribution in [0.1, 0.15) is 49.7 Å². The number of hydrogen-bond donors (Lipinski definition) is 1. The highest BCUT2D eigenvalue weighted by atomic mass is 32.2. The van der Waals surface area contributed by atoms with Crippen molar-refractivity contribution in [1.29, 1.82) is 0 Å². The van der Waals surface area contributed by atoms with Gasteiger partial charge in [-0.25, -0.2) is 8.42 Å². The van der Waals surface area contributed by atoms with E-state index in [1.54, 1.807) is 24.3 Å². The van der Waals surface area contributed by atoms with Crippen molar-refractivity contribution in [3.63, 3.8) is 0 Å². The molecular weight excluding hydrogens is 508 g/mol. The van der Waals surface area contributed by atoms with E-state index in [2.05, 4.69) is 17.4 Å². The Morgan fingerprint density at radius 2 is 1.46 bits per heavy atom. The van der Waals surface area contributed by atoms with Crippen LogP contribution in [0, 0.1) is 17.8 Å². The van der Waals surface area contributed by atoms with E-state index in [-0.39, 0.29) is 12.5 Å². The van der Waals surface area contributed by atoms with E-state index in [1.807, 2.05) is 42.5 Å². The van der Waals surface area contributed by atoms with Crippen molar-refractivity contribution in [1.82, 2.24) is 0 Å². The second-order valence-electron chi connectivity index (χ2n) is 11.9. The van der Waals surface area contributed by atoms with E-state index < -0.39 is 10.0 Å². The molecule has 6 nitrogen and oxygen atoms in total. The number of ether oxygens (including phenoxy) is 1. The normalized spacial score (nSPS) is 25.3. The SMILES string of the molecule is CS(=O)(=O)N(CC(=O)Nc1ccc(C23CC4CC(CC(C4)C2)C3)cc1)c1ccc(OCc2ccccc2)cc1. The van der Waals surface area contributed by atoms with Gasteiger partial charge in [0.25, 0.3) is 0 Å². The van der Waals surface area contributed by atoms with E-state index in [9.17, 15) is 13.2 Å². The van der Waals surface area contributed by atoms with Gasteiger partial charge < -0.3 is 10.1 Å². The average molecular weight is 545 g/mol. The molecule has 1 N–H and O–H groups in total. The molecule has 0 aliphatic heterocycles. The fraction of sp³-hybridized carbons (Fsp3) is 0.406. The molecular formula is C32H36N2O4S. The fourth-order valence-electron chi connectivity index (χ4n) is 7.55. The lowest BCUT2D eigenvalue weighted by atomic mass is 9.48. The summed E-state index contributed by atoms with van der Waals surface area (Å²) in [6.07, 6.45) is 9.23. The first kappa shape index (κ1) is 25.9. The van der Waals surface area contributed by atoms with Gasteiger partial charge in [0.2, 0.25) is 15.9 Å². The van der Waals surface area contributed by atoms with Crippen molar-refractivity contribution in [2.45, 2.75) is 50.5 Å². The minimum Gasteiger partial charge on any atom is -0.489 e. The van der Waals surface area contributed by atoms with Gasteiger partial charge in [-0.05, 0) is 109 Å². The van der Waals surface area contributed by atoms with E-state index in [0.717, 1.165) is 33.9 Å². The number of carbonyl (C=O) groups excluding carboxylic acids is 1. The zero-order chi connectivity index (χ0) is 27.0. The van der Waals surface area contributed by atoms with Gasteiger partial charge in [0.05, 0.1) is 11.9 Å². The molecule has 7 rings (SSSR count). The first-order valence-electron chi connectivity index (χ1n) is 13.9. The van der Waals surface area contributed by atoms with Gasteiger partial charge in [-0.15, -0.1) is 0 Å². The number of nitrogens with zero attached hydrogens (tertiary/aromatic N) is 1. The second-order valence-corrected chi connectivity index (χ2v) is 13.8. The summed E-state index contributed by atoms with van der Waals surface area (Å²) in [5.41, 5.74) is 3.85. The Hall–Kier alpha value is -3.32. The van der Waals surface area contributed by atoms with Gasteiger partial charge in [0.1, 0.15) is 18.9 Å². The fourth-order valence-corrected chi connectivity index (χ4v) is 8.41. The number of hydrogen-bond acceptors (Lipinski definition) is 4. The number of sulfonamides is 1. The maximum absolute atomic E-state index is 12.9. The lowest BCUT2D eigenvalue weighted by molar-refractivity contribution is -0.114. The van der Waals surface area contributed by atoms with Gasteiger partial charge in [0, 0.05) is 5.69 Å². The largest absolute Gasteiger partial charge is 0.489 e. The number of anilines is 2. The summed E-state index contributed by atoms with van der Waals surface area (Å²) in [7, 11) is -3.67. The molecule has 4 aliphatic carbocycles. The zero-order valence-corrected chi connectivity index (χ0v) is 23.2. The van der Waals surface area contributed by atoms with Crippen LogP contribution in [0.15, 0.2) is 78.9 Å². The monoisotopic (exact) mass is 544 g/mol. The predicted octanol–water partition coefficient (Wildman–Crippen LogP) is 6.14. The third-order valence-electron chi connectivity index (χ3n) is 8.88. The number of nitrogens with one attached hydrogen (secondary N) is 1. The van der Waals surface area contributed by atoms with Crippen LogP contribution in [0.4, 0.5) is 11.4 Å². The second kappa shape index (κ2) is 10.3. The quantitative estimate of drug-likeness (QED) is 0.351. The van der Waals surface area contributed by atoms with Crippen LogP contribution in [0.3, 0.4) is 0 Å². The highest BCUT2D eigenvalue weighted by molar-refractivity contribution is 7.92. The molecule has 1 amide bonds. The molecule has 0 spiro atoms. The van der Waals surface area contributed by atoms with Gasteiger partial charge >= 0.3 is 0 Å². The summed E-state index contributed by atoms with van der Waals surface area (Å²) < 4.78 is 32.1. The maximum atomic E-state index is 12.9. The van der Waals surface area contributed by atoms with Gasteiger partial charge in [-0.2, -0.15) is 0 Å². The lowest BCUT2D eigenvalue weighted by Gasteiger charge is -2.57. The molecule has 3 aromatic rings. The Morgan fingerprint density at radius 3 is 2.03 bits per heavy atom. The average Bonchev–Trinajstić information content (AvgIpc) is 2.91. The molecule has 0 atom stereocenters. The molecule has 4 bridgehead atoms. The smallest absolute Gasteiger partial charge is 0.245 e. The summed E-state index contributed by atoms with van der Waals surface area (Å²) in [5, 5.41) is 2.90. The summed E-state index contributed by atoms with van der Waals surface area (Å²) in [4.78, 5) is 12.9. The minimum absolute atomic E-state index is 0.306. The van der Waals surface area contributed by atoms with Crippen molar-refractivity contribution in [2.24, 2.45) is 17.8 Å². The predicted molar refractivity (Wildman–Crippen MR) is 154 cm³/mol. The standard InChI is InChI=1S/C32H36N2O4S/c1-39(36,37)34(29-11-13-30(14-12-29)38-22-23-5-3-2-4-6-23)21-31(35)33-28-9-7-27(8-10-28)32-18-24-15-25(19-32)17-26(16-24)20-32/h2-14,24-26H,15-22H2,1H3,(H,33,35). The molecule has 0 unspecified atom stereocenters. The minimum atomic E-state index is -3.67. The molecule has 0 saturated heterocycles. The molecule has 204 valence electrons. The van der Waals surface area contributed by atoms with E-state index >= 15 is 0 Å². The number of benzene rings is 3. The summed E-state index contributed by atoms with van der Waals surface area (Å²) >= 11 is 0. The third-order valence-corrected chi connectivity index (χ3v) is 10.0. The van der Waals surface area contributed by atoms with Gasteiger partial charge in [-0.3, -0.25) is 9.10 Å². The molecule has 0 aromatic heterocycles. The Kier molecular flexibility index (Phi) is 6.88. The zero-order valence-electron chi connectivity index (χ0n) is 22.4. The molecule has 3 aromatic carbocycles. The molecule has 4 aliphatic rings. The molecule has 7 heteroatoms. The van der Waals surface area contributed by atoms with Crippen molar-refractivity contribution >= 4 is 27.3 Å². The number of rotatable bonds is 9. The van der Waals surface area contributed by atoms with Crippen molar-refractivity contribution in [3.05, 3.63) is 90.0 Å². The van der Waals surface area contributed by atoms with Crippen LogP contribution in [-0.2, 0) is 26.8 Å². The first-order valence-corrected chi connectivity index (χ1v) is 15.8. The summed E-state index contributed by atoms with van der Waals surface area (Å²) in [5.74, 6) is 2.87. The van der Waals surface area contributed by atoms with E-state index in [4.69, 9.17) is 4.74 Å². The van der Waals surface area contributed by atoms with Gasteiger partial charge in [-0.1, -0.05) is 42.5 Å². The van der Waals surface area contributed by atoms with Gasteiger partial charge in [0.15, 0.2) is 0 Å². The molecule has 39 heavy (non-hydrogen) atoms. The molecule has 4 fully saturated rings. The van der Waals surface area contributed by atoms with E-state index in [0.29, 0.717) is 29.1 Å². The van der Waals surface area contributed by atoms with Crippen molar-refractivity contribution in [2.75, 3.05) is 22.4 Å². The van der Waals surface area contributed by atoms with Crippen LogP contribution in [0.2, 0.25) is 0 Å². The van der Waals surface area contributed by atoms with Crippen molar-refractivity contribution < 1.29 is 17.9 Å². The Balaban J connectivity index is 1.09. The lowest BCUT2D eigenvalue weighted by Crippen LogP contribution is -2.48. The Bertz CT molecular complexity index is 1380. The maximum Gasteiger partial charge on any atom is 0.245 e. The topological polar surface area (TPSA) is 75.7 Å².